The molecule has 0 aliphatic carbocycles. The number of rotatable bonds is 4. The average molecular weight is 233 g/mol. The predicted octanol–water partition coefficient (Wildman–Crippen LogP) is 2.28. The maximum absolute atomic E-state index is 5.69. The van der Waals surface area contributed by atoms with Gasteiger partial charge in [0.05, 0.1) is 12.7 Å². The van der Waals surface area contributed by atoms with Crippen molar-refractivity contribution in [2.45, 2.75) is 19.8 Å². The van der Waals surface area contributed by atoms with E-state index in [-0.39, 0.29) is 0 Å². The Labute approximate surface area is 99.6 Å². The van der Waals surface area contributed by atoms with Crippen LogP contribution in [0, 0.1) is 0 Å². The molecular weight excluding hydrogens is 218 g/mol. The summed E-state index contributed by atoms with van der Waals surface area (Å²) in [4.78, 5) is 0. The fourth-order valence-corrected chi connectivity index (χ4v) is 1.56. The summed E-state index contributed by atoms with van der Waals surface area (Å²) in [6, 6.07) is 5.33. The van der Waals surface area contributed by atoms with Crippen molar-refractivity contribution < 1.29 is 9.15 Å². The fraction of sp³-hybridized carbons (Fsp3) is 0.333. The molecule has 0 aliphatic rings. The van der Waals surface area contributed by atoms with E-state index in [9.17, 15) is 0 Å². The zero-order chi connectivity index (χ0) is 12.3. The monoisotopic (exact) mass is 233 g/mol. The quantitative estimate of drug-likeness (QED) is 0.820. The van der Waals surface area contributed by atoms with Crippen LogP contribution in [0.3, 0.4) is 0 Å². The highest BCUT2D eigenvalue weighted by molar-refractivity contribution is 5.66. The van der Waals surface area contributed by atoms with Crippen molar-refractivity contribution in [3.8, 4) is 17.2 Å². The van der Waals surface area contributed by atoms with Crippen molar-refractivity contribution >= 4 is 5.69 Å². The lowest BCUT2D eigenvalue weighted by atomic mass is 10.2. The molecule has 2 rings (SSSR count). The van der Waals surface area contributed by atoms with Gasteiger partial charge in [0.15, 0.2) is 0 Å². The number of nitrogens with zero attached hydrogens (tertiary/aromatic N) is 2. The van der Waals surface area contributed by atoms with Gasteiger partial charge in [-0.25, -0.2) is 0 Å². The number of hydrogen-bond acceptors (Lipinski definition) is 5. The van der Waals surface area contributed by atoms with E-state index in [2.05, 4.69) is 17.1 Å². The molecule has 2 aromatic rings. The standard InChI is InChI=1S/C12H15N3O2/c1-3-4-11-14-15-12(17-11)9-6-5-8(13)7-10(9)16-2/h5-7H,3-4,13H2,1-2H3. The van der Waals surface area contributed by atoms with Crippen LogP contribution in [0.4, 0.5) is 5.69 Å². The van der Waals surface area contributed by atoms with Crippen LogP contribution < -0.4 is 10.5 Å². The summed E-state index contributed by atoms with van der Waals surface area (Å²) in [6.45, 7) is 2.06. The first-order valence-corrected chi connectivity index (χ1v) is 5.51. The van der Waals surface area contributed by atoms with E-state index < -0.39 is 0 Å². The van der Waals surface area contributed by atoms with Crippen LogP contribution in [0.15, 0.2) is 22.6 Å². The van der Waals surface area contributed by atoms with Gasteiger partial charge in [-0.2, -0.15) is 0 Å². The number of anilines is 1. The summed E-state index contributed by atoms with van der Waals surface area (Å²) >= 11 is 0. The molecule has 1 aromatic carbocycles. The van der Waals surface area contributed by atoms with Crippen LogP contribution in [0.2, 0.25) is 0 Å². The van der Waals surface area contributed by atoms with Crippen LogP contribution >= 0.6 is 0 Å². The molecule has 0 amide bonds. The van der Waals surface area contributed by atoms with E-state index >= 15 is 0 Å². The van der Waals surface area contributed by atoms with E-state index in [1.807, 2.05) is 6.07 Å². The summed E-state index contributed by atoms with van der Waals surface area (Å²) in [5.74, 6) is 1.74. The van der Waals surface area contributed by atoms with Gasteiger partial charge in [-0.05, 0) is 18.6 Å². The maximum atomic E-state index is 5.69. The molecule has 1 aromatic heterocycles. The van der Waals surface area contributed by atoms with Gasteiger partial charge in [0.25, 0.3) is 5.89 Å². The minimum Gasteiger partial charge on any atom is -0.496 e. The van der Waals surface area contributed by atoms with Crippen molar-refractivity contribution in [2.75, 3.05) is 12.8 Å². The summed E-state index contributed by atoms with van der Waals surface area (Å²) in [6.07, 6.45) is 1.75. The number of methoxy groups -OCH3 is 1. The Hall–Kier alpha value is -2.04. The molecule has 5 nitrogen and oxygen atoms in total. The van der Waals surface area contributed by atoms with E-state index in [0.717, 1.165) is 18.4 Å². The van der Waals surface area contributed by atoms with Gasteiger partial charge in [-0.3, -0.25) is 0 Å². The summed E-state index contributed by atoms with van der Waals surface area (Å²) in [5, 5.41) is 7.98. The third-order valence-electron chi connectivity index (χ3n) is 2.39. The molecule has 1 heterocycles. The maximum Gasteiger partial charge on any atom is 0.251 e. The first-order chi connectivity index (χ1) is 8.24. The molecule has 0 saturated carbocycles. The molecule has 5 heteroatoms. The molecule has 0 unspecified atom stereocenters. The molecule has 2 N–H and O–H groups in total. The van der Waals surface area contributed by atoms with Crippen LogP contribution in [-0.4, -0.2) is 17.3 Å². The molecule has 0 aliphatic heterocycles. The van der Waals surface area contributed by atoms with Crippen molar-refractivity contribution in [3.05, 3.63) is 24.1 Å². The third-order valence-corrected chi connectivity index (χ3v) is 2.39. The number of hydrogen-bond donors (Lipinski definition) is 1. The molecule has 0 spiro atoms. The number of ether oxygens (including phenoxy) is 1. The highest BCUT2D eigenvalue weighted by Crippen LogP contribution is 2.30. The Balaban J connectivity index is 2.37. The number of aromatic nitrogens is 2. The number of benzene rings is 1. The van der Waals surface area contributed by atoms with Crippen molar-refractivity contribution in [1.29, 1.82) is 0 Å². The van der Waals surface area contributed by atoms with Gasteiger partial charge in [0.2, 0.25) is 5.89 Å². The number of nitrogens with two attached hydrogens (primary N) is 1. The second-order valence-electron chi connectivity index (χ2n) is 3.71. The Morgan fingerprint density at radius 1 is 1.35 bits per heavy atom. The van der Waals surface area contributed by atoms with Crippen LogP contribution in [0.25, 0.3) is 11.5 Å². The molecule has 90 valence electrons. The zero-order valence-electron chi connectivity index (χ0n) is 9.93. The highest BCUT2D eigenvalue weighted by atomic mass is 16.5. The van der Waals surface area contributed by atoms with Crippen molar-refractivity contribution in [3.63, 3.8) is 0 Å². The van der Waals surface area contributed by atoms with Crippen LogP contribution in [0.5, 0.6) is 5.75 Å². The van der Waals surface area contributed by atoms with E-state index in [1.54, 1.807) is 19.2 Å². The topological polar surface area (TPSA) is 74.2 Å². The molecule has 0 radical (unpaired) electrons. The lowest BCUT2D eigenvalue weighted by Gasteiger charge is -2.05. The van der Waals surface area contributed by atoms with Gasteiger partial charge in [0, 0.05) is 18.2 Å². The van der Waals surface area contributed by atoms with Crippen molar-refractivity contribution in [2.24, 2.45) is 0 Å². The van der Waals surface area contributed by atoms with Crippen molar-refractivity contribution in [1.82, 2.24) is 10.2 Å². The van der Waals surface area contributed by atoms with Gasteiger partial charge in [-0.1, -0.05) is 6.92 Å². The van der Waals surface area contributed by atoms with Crippen LogP contribution in [0.1, 0.15) is 19.2 Å². The van der Waals surface area contributed by atoms with Gasteiger partial charge >= 0.3 is 0 Å². The van der Waals surface area contributed by atoms with E-state index in [4.69, 9.17) is 14.9 Å². The lowest BCUT2D eigenvalue weighted by Crippen LogP contribution is -1.91. The molecule has 17 heavy (non-hydrogen) atoms. The van der Waals surface area contributed by atoms with Crippen LogP contribution in [-0.2, 0) is 6.42 Å². The first kappa shape index (κ1) is 11.4. The highest BCUT2D eigenvalue weighted by Gasteiger charge is 2.13. The lowest BCUT2D eigenvalue weighted by molar-refractivity contribution is 0.413. The third kappa shape index (κ3) is 2.38. The summed E-state index contributed by atoms with van der Waals surface area (Å²) in [7, 11) is 1.58. The Morgan fingerprint density at radius 3 is 2.88 bits per heavy atom. The van der Waals surface area contributed by atoms with Gasteiger partial charge in [-0.15, -0.1) is 10.2 Å². The van der Waals surface area contributed by atoms with E-state index in [1.165, 1.54) is 0 Å². The summed E-state index contributed by atoms with van der Waals surface area (Å²) in [5.41, 5.74) is 7.09. The fourth-order valence-electron chi connectivity index (χ4n) is 1.56. The number of aryl methyl sites for hydroxylation is 1. The van der Waals surface area contributed by atoms with E-state index in [0.29, 0.717) is 23.2 Å². The second-order valence-corrected chi connectivity index (χ2v) is 3.71. The molecule has 0 bridgehead atoms. The molecular formula is C12H15N3O2. The first-order valence-electron chi connectivity index (χ1n) is 5.51. The largest absolute Gasteiger partial charge is 0.496 e. The van der Waals surface area contributed by atoms with Gasteiger partial charge < -0.3 is 14.9 Å². The Bertz CT molecular complexity index is 508. The normalized spacial score (nSPS) is 10.5. The Kier molecular flexibility index (Phi) is 3.27. The molecule has 0 saturated heterocycles. The van der Waals surface area contributed by atoms with Gasteiger partial charge in [0.1, 0.15) is 5.75 Å². The second kappa shape index (κ2) is 4.86. The average Bonchev–Trinajstić information content (AvgIpc) is 2.78. The minimum atomic E-state index is 0.463. The minimum absolute atomic E-state index is 0.463. The zero-order valence-corrected chi connectivity index (χ0v) is 9.93. The SMILES string of the molecule is CCCc1nnc(-c2ccc(N)cc2OC)o1. The number of nitrogen functional groups attached to an aromatic ring is 1. The predicted molar refractivity (Wildman–Crippen MR) is 64.7 cm³/mol. The Morgan fingerprint density at radius 2 is 2.18 bits per heavy atom. The molecule has 0 atom stereocenters. The molecule has 0 fully saturated rings. The smallest absolute Gasteiger partial charge is 0.251 e. The summed E-state index contributed by atoms with van der Waals surface area (Å²) < 4.78 is 10.8.